The molecular weight excluding hydrogens is 264 g/mol. The lowest BCUT2D eigenvalue weighted by Gasteiger charge is -2.35. The number of piperazine rings is 1. The highest BCUT2D eigenvalue weighted by molar-refractivity contribution is 5.81. The third kappa shape index (κ3) is 4.33. The quantitative estimate of drug-likeness (QED) is 0.778. The molecule has 21 heavy (non-hydrogen) atoms. The Labute approximate surface area is 127 Å². The van der Waals surface area contributed by atoms with Crippen molar-refractivity contribution in [1.29, 1.82) is 0 Å². The van der Waals surface area contributed by atoms with Gasteiger partial charge in [0.25, 0.3) is 5.91 Å². The fraction of sp³-hybridized carbons (Fsp3) is 0.471. The zero-order chi connectivity index (χ0) is 15.2. The summed E-state index contributed by atoms with van der Waals surface area (Å²) in [7, 11) is 0. The van der Waals surface area contributed by atoms with Crippen molar-refractivity contribution in [3.8, 4) is 5.75 Å². The van der Waals surface area contributed by atoms with Crippen LogP contribution in [0.2, 0.25) is 0 Å². The van der Waals surface area contributed by atoms with Gasteiger partial charge in [0.15, 0.2) is 6.10 Å². The average molecular weight is 288 g/mol. The summed E-state index contributed by atoms with van der Waals surface area (Å²) < 4.78 is 5.74. The van der Waals surface area contributed by atoms with Crippen molar-refractivity contribution >= 4 is 5.91 Å². The van der Waals surface area contributed by atoms with Gasteiger partial charge in [0, 0.05) is 32.7 Å². The van der Waals surface area contributed by atoms with Gasteiger partial charge in [-0.25, -0.2) is 0 Å². The molecular formula is C17H24N2O2. The molecule has 4 nitrogen and oxygen atoms in total. The van der Waals surface area contributed by atoms with Gasteiger partial charge >= 0.3 is 0 Å². The van der Waals surface area contributed by atoms with E-state index in [0.29, 0.717) is 0 Å². The van der Waals surface area contributed by atoms with E-state index in [2.05, 4.69) is 11.5 Å². The first-order valence-electron chi connectivity index (χ1n) is 7.45. The maximum atomic E-state index is 12.4. The first-order chi connectivity index (χ1) is 10.1. The molecule has 0 spiro atoms. The SMILES string of the molecule is C=CCN1CCN(C(=O)C(C)Oc2ccc(C)cc2)CC1. The maximum Gasteiger partial charge on any atom is 0.263 e. The highest BCUT2D eigenvalue weighted by atomic mass is 16.5. The third-order valence-electron chi connectivity index (χ3n) is 3.75. The van der Waals surface area contributed by atoms with Crippen molar-refractivity contribution in [2.75, 3.05) is 32.7 Å². The van der Waals surface area contributed by atoms with E-state index in [1.165, 1.54) is 5.56 Å². The molecule has 1 aromatic rings. The molecule has 2 rings (SSSR count). The Balaban J connectivity index is 1.85. The number of ether oxygens (including phenoxy) is 1. The summed E-state index contributed by atoms with van der Waals surface area (Å²) in [5.41, 5.74) is 1.18. The molecule has 1 aromatic carbocycles. The first kappa shape index (κ1) is 15.6. The van der Waals surface area contributed by atoms with Crippen LogP contribution in [-0.4, -0.2) is 54.5 Å². The second kappa shape index (κ2) is 7.27. The average Bonchev–Trinajstić information content (AvgIpc) is 2.50. The summed E-state index contributed by atoms with van der Waals surface area (Å²) in [5.74, 6) is 0.806. The van der Waals surface area contributed by atoms with Crippen LogP contribution in [0.25, 0.3) is 0 Å². The summed E-state index contributed by atoms with van der Waals surface area (Å²) >= 11 is 0. The number of rotatable bonds is 5. The number of aryl methyl sites for hydroxylation is 1. The van der Waals surface area contributed by atoms with E-state index >= 15 is 0 Å². The molecule has 114 valence electrons. The standard InChI is InChI=1S/C17H24N2O2/c1-4-9-18-10-12-19(13-11-18)17(20)15(3)21-16-7-5-14(2)6-8-16/h4-8,15H,1,9-13H2,2-3H3. The summed E-state index contributed by atoms with van der Waals surface area (Å²) in [6, 6.07) is 7.78. The molecule has 0 radical (unpaired) electrons. The van der Waals surface area contributed by atoms with Crippen molar-refractivity contribution in [1.82, 2.24) is 9.80 Å². The molecule has 1 atom stereocenters. The van der Waals surface area contributed by atoms with Crippen molar-refractivity contribution in [2.45, 2.75) is 20.0 Å². The first-order valence-corrected chi connectivity index (χ1v) is 7.45. The van der Waals surface area contributed by atoms with E-state index in [1.807, 2.05) is 49.1 Å². The van der Waals surface area contributed by atoms with E-state index in [-0.39, 0.29) is 5.91 Å². The molecule has 0 aromatic heterocycles. The second-order valence-corrected chi connectivity index (χ2v) is 5.49. The molecule has 0 bridgehead atoms. The van der Waals surface area contributed by atoms with Crippen LogP contribution in [0.3, 0.4) is 0 Å². The minimum absolute atomic E-state index is 0.0637. The molecule has 1 amide bonds. The zero-order valence-corrected chi connectivity index (χ0v) is 12.9. The predicted molar refractivity (Wildman–Crippen MR) is 84.5 cm³/mol. The van der Waals surface area contributed by atoms with Crippen LogP contribution in [0.15, 0.2) is 36.9 Å². The van der Waals surface area contributed by atoms with Crippen LogP contribution in [0.4, 0.5) is 0 Å². The van der Waals surface area contributed by atoms with Crippen molar-refractivity contribution < 1.29 is 9.53 Å². The Bertz CT molecular complexity index is 476. The lowest BCUT2D eigenvalue weighted by molar-refractivity contribution is -0.139. The van der Waals surface area contributed by atoms with Gasteiger partial charge in [-0.3, -0.25) is 9.69 Å². The summed E-state index contributed by atoms with van der Waals surface area (Å²) in [6.45, 7) is 11.8. The van der Waals surface area contributed by atoms with Crippen molar-refractivity contribution in [3.05, 3.63) is 42.5 Å². The van der Waals surface area contributed by atoms with Crippen LogP contribution in [0.5, 0.6) is 5.75 Å². The topological polar surface area (TPSA) is 32.8 Å². The summed E-state index contributed by atoms with van der Waals surface area (Å²) in [5, 5.41) is 0. The molecule has 1 fully saturated rings. The zero-order valence-electron chi connectivity index (χ0n) is 12.9. The largest absolute Gasteiger partial charge is 0.481 e. The second-order valence-electron chi connectivity index (χ2n) is 5.49. The van der Waals surface area contributed by atoms with E-state index in [1.54, 1.807) is 0 Å². The molecule has 1 aliphatic heterocycles. The van der Waals surface area contributed by atoms with Crippen molar-refractivity contribution in [3.63, 3.8) is 0 Å². The summed E-state index contributed by atoms with van der Waals surface area (Å²) in [4.78, 5) is 16.6. The van der Waals surface area contributed by atoms with E-state index in [4.69, 9.17) is 4.74 Å². The molecule has 4 heteroatoms. The number of benzene rings is 1. The summed E-state index contributed by atoms with van der Waals surface area (Å²) in [6.07, 6.45) is 1.46. The number of hydrogen-bond donors (Lipinski definition) is 0. The number of carbonyl (C=O) groups excluding carboxylic acids is 1. The molecule has 0 aliphatic carbocycles. The van der Waals surface area contributed by atoms with Gasteiger partial charge in [0.1, 0.15) is 5.75 Å². The maximum absolute atomic E-state index is 12.4. The van der Waals surface area contributed by atoms with E-state index < -0.39 is 6.10 Å². The number of hydrogen-bond acceptors (Lipinski definition) is 3. The van der Waals surface area contributed by atoms with Crippen LogP contribution < -0.4 is 4.74 Å². The minimum atomic E-state index is -0.446. The fourth-order valence-corrected chi connectivity index (χ4v) is 2.46. The molecule has 1 aliphatic rings. The molecule has 1 unspecified atom stereocenters. The van der Waals surface area contributed by atoms with Gasteiger partial charge < -0.3 is 9.64 Å². The minimum Gasteiger partial charge on any atom is -0.481 e. The number of amides is 1. The van der Waals surface area contributed by atoms with Crippen LogP contribution in [0, 0.1) is 6.92 Å². The van der Waals surface area contributed by atoms with Gasteiger partial charge in [0.2, 0.25) is 0 Å². The predicted octanol–water partition coefficient (Wildman–Crippen LogP) is 2.09. The lowest BCUT2D eigenvalue weighted by atomic mass is 10.2. The highest BCUT2D eigenvalue weighted by Crippen LogP contribution is 2.15. The van der Waals surface area contributed by atoms with Gasteiger partial charge in [-0.2, -0.15) is 0 Å². The monoisotopic (exact) mass is 288 g/mol. The van der Waals surface area contributed by atoms with E-state index in [9.17, 15) is 4.79 Å². The normalized spacial score (nSPS) is 17.3. The van der Waals surface area contributed by atoms with Gasteiger partial charge in [-0.15, -0.1) is 6.58 Å². The smallest absolute Gasteiger partial charge is 0.263 e. The van der Waals surface area contributed by atoms with Gasteiger partial charge in [-0.05, 0) is 26.0 Å². The fourth-order valence-electron chi connectivity index (χ4n) is 2.46. The van der Waals surface area contributed by atoms with E-state index in [0.717, 1.165) is 38.5 Å². The Morgan fingerprint density at radius 3 is 2.48 bits per heavy atom. The molecule has 0 N–H and O–H groups in total. The van der Waals surface area contributed by atoms with Crippen LogP contribution >= 0.6 is 0 Å². The van der Waals surface area contributed by atoms with Crippen molar-refractivity contribution in [2.24, 2.45) is 0 Å². The number of carbonyl (C=O) groups is 1. The Hall–Kier alpha value is -1.81. The van der Waals surface area contributed by atoms with Crippen LogP contribution in [0.1, 0.15) is 12.5 Å². The molecule has 1 heterocycles. The lowest BCUT2D eigenvalue weighted by Crippen LogP contribution is -2.51. The molecule has 0 saturated carbocycles. The Morgan fingerprint density at radius 1 is 1.29 bits per heavy atom. The van der Waals surface area contributed by atoms with Gasteiger partial charge in [0.05, 0.1) is 0 Å². The Kier molecular flexibility index (Phi) is 5.39. The van der Waals surface area contributed by atoms with Crippen LogP contribution in [-0.2, 0) is 4.79 Å². The Morgan fingerprint density at radius 2 is 1.90 bits per heavy atom. The molecule has 1 saturated heterocycles. The highest BCUT2D eigenvalue weighted by Gasteiger charge is 2.25. The third-order valence-corrected chi connectivity index (χ3v) is 3.75. The number of nitrogens with zero attached hydrogens (tertiary/aromatic N) is 2. The van der Waals surface area contributed by atoms with Gasteiger partial charge in [-0.1, -0.05) is 23.8 Å².